The SMILES string of the molecule is O=C(Nc1ccc(-c2nn(C(=O)c3ccccc3)c3c2Cc2ccccc2-3)cc1)c1ccccc1. The van der Waals surface area contributed by atoms with E-state index < -0.39 is 0 Å². The van der Waals surface area contributed by atoms with Gasteiger partial charge in [0.05, 0.1) is 11.4 Å². The molecule has 5 heteroatoms. The molecule has 1 aliphatic rings. The van der Waals surface area contributed by atoms with Crippen molar-refractivity contribution in [3.05, 3.63) is 131 Å². The number of aromatic nitrogens is 2. The van der Waals surface area contributed by atoms with Gasteiger partial charge < -0.3 is 5.32 Å². The molecule has 0 fully saturated rings. The molecule has 0 aliphatic heterocycles. The van der Waals surface area contributed by atoms with Crippen LogP contribution < -0.4 is 5.32 Å². The summed E-state index contributed by atoms with van der Waals surface area (Å²) in [6, 6.07) is 34.1. The molecule has 1 heterocycles. The number of carbonyl (C=O) groups excluding carboxylic acids is 2. The van der Waals surface area contributed by atoms with Gasteiger partial charge in [-0.05, 0) is 42.0 Å². The van der Waals surface area contributed by atoms with Crippen molar-refractivity contribution in [1.82, 2.24) is 9.78 Å². The van der Waals surface area contributed by atoms with Crippen molar-refractivity contribution in [3.8, 4) is 22.5 Å². The van der Waals surface area contributed by atoms with Crippen LogP contribution >= 0.6 is 0 Å². The van der Waals surface area contributed by atoms with E-state index in [4.69, 9.17) is 5.10 Å². The van der Waals surface area contributed by atoms with Gasteiger partial charge in [0.1, 0.15) is 0 Å². The molecule has 4 aromatic carbocycles. The van der Waals surface area contributed by atoms with E-state index >= 15 is 0 Å². The molecule has 0 unspecified atom stereocenters. The second-order valence-corrected chi connectivity index (χ2v) is 8.49. The fourth-order valence-corrected chi connectivity index (χ4v) is 4.58. The fourth-order valence-electron chi connectivity index (χ4n) is 4.58. The average molecular weight is 456 g/mol. The first kappa shape index (κ1) is 20.8. The molecule has 35 heavy (non-hydrogen) atoms. The van der Waals surface area contributed by atoms with Gasteiger partial charge in [0.2, 0.25) is 0 Å². The Balaban J connectivity index is 1.37. The summed E-state index contributed by atoms with van der Waals surface area (Å²) in [6.45, 7) is 0. The van der Waals surface area contributed by atoms with Crippen LogP contribution in [0.25, 0.3) is 22.5 Å². The lowest BCUT2D eigenvalue weighted by molar-refractivity contribution is 0.0946. The highest BCUT2D eigenvalue weighted by molar-refractivity contribution is 6.04. The van der Waals surface area contributed by atoms with E-state index in [-0.39, 0.29) is 11.8 Å². The molecule has 0 spiro atoms. The van der Waals surface area contributed by atoms with E-state index in [1.54, 1.807) is 24.3 Å². The molecular formula is C30H21N3O2. The zero-order valence-electron chi connectivity index (χ0n) is 18.8. The lowest BCUT2D eigenvalue weighted by Crippen LogP contribution is -2.15. The van der Waals surface area contributed by atoms with Gasteiger partial charge in [-0.15, -0.1) is 0 Å². The first-order chi connectivity index (χ1) is 17.2. The minimum absolute atomic E-state index is 0.156. The van der Waals surface area contributed by atoms with Crippen molar-refractivity contribution in [2.75, 3.05) is 5.32 Å². The van der Waals surface area contributed by atoms with Crippen molar-refractivity contribution in [2.45, 2.75) is 6.42 Å². The Labute approximate surface area is 202 Å². The highest BCUT2D eigenvalue weighted by Gasteiger charge is 2.30. The Bertz CT molecular complexity index is 1550. The number of hydrogen-bond donors (Lipinski definition) is 1. The van der Waals surface area contributed by atoms with Crippen LogP contribution in [0.1, 0.15) is 31.8 Å². The second-order valence-electron chi connectivity index (χ2n) is 8.49. The highest BCUT2D eigenvalue weighted by Crippen LogP contribution is 2.42. The lowest BCUT2D eigenvalue weighted by atomic mass is 10.0. The molecule has 5 aromatic rings. The third-order valence-electron chi connectivity index (χ3n) is 6.29. The van der Waals surface area contributed by atoms with Crippen LogP contribution in [0.4, 0.5) is 5.69 Å². The smallest absolute Gasteiger partial charge is 0.278 e. The van der Waals surface area contributed by atoms with Crippen molar-refractivity contribution >= 4 is 17.5 Å². The van der Waals surface area contributed by atoms with Crippen molar-refractivity contribution in [1.29, 1.82) is 0 Å². The van der Waals surface area contributed by atoms with Crippen LogP contribution in [0.5, 0.6) is 0 Å². The number of anilines is 1. The number of benzene rings is 4. The maximum absolute atomic E-state index is 13.4. The van der Waals surface area contributed by atoms with Crippen LogP contribution in [0.3, 0.4) is 0 Å². The van der Waals surface area contributed by atoms with Gasteiger partial charge in [-0.2, -0.15) is 9.78 Å². The Hall–Kier alpha value is -4.77. The average Bonchev–Trinajstić information content (AvgIpc) is 3.47. The number of carbonyl (C=O) groups is 2. The van der Waals surface area contributed by atoms with E-state index in [1.165, 1.54) is 10.2 Å². The number of nitrogens with zero attached hydrogens (tertiary/aromatic N) is 2. The molecule has 0 saturated heterocycles. The predicted octanol–water partition coefficient (Wildman–Crippen LogP) is 6.06. The van der Waals surface area contributed by atoms with E-state index in [2.05, 4.69) is 11.4 Å². The minimum atomic E-state index is -0.160. The number of hydrogen-bond acceptors (Lipinski definition) is 3. The van der Waals surface area contributed by atoms with Gasteiger partial charge in [-0.1, -0.05) is 72.8 Å². The normalized spacial score (nSPS) is 11.5. The highest BCUT2D eigenvalue weighted by atomic mass is 16.2. The second kappa shape index (κ2) is 8.54. The fraction of sp³-hybridized carbons (Fsp3) is 0.0333. The maximum atomic E-state index is 13.4. The Morgan fingerprint density at radius 1 is 0.714 bits per heavy atom. The van der Waals surface area contributed by atoms with Crippen molar-refractivity contribution < 1.29 is 9.59 Å². The van der Waals surface area contributed by atoms with Crippen LogP contribution in [0, 0.1) is 0 Å². The quantitative estimate of drug-likeness (QED) is 0.351. The Morgan fingerprint density at radius 2 is 1.34 bits per heavy atom. The number of fused-ring (bicyclic) bond motifs is 3. The third kappa shape index (κ3) is 3.73. The van der Waals surface area contributed by atoms with Gasteiger partial charge in [-0.3, -0.25) is 9.59 Å². The molecule has 1 N–H and O–H groups in total. The molecule has 0 bridgehead atoms. The van der Waals surface area contributed by atoms with Crippen LogP contribution in [-0.2, 0) is 6.42 Å². The molecule has 0 radical (unpaired) electrons. The molecule has 0 saturated carbocycles. The summed E-state index contributed by atoms with van der Waals surface area (Å²) < 4.78 is 1.54. The predicted molar refractivity (Wildman–Crippen MR) is 136 cm³/mol. The molecule has 168 valence electrons. The topological polar surface area (TPSA) is 64.0 Å². The monoisotopic (exact) mass is 455 g/mol. The van der Waals surface area contributed by atoms with Gasteiger partial charge in [-0.25, -0.2) is 0 Å². The molecule has 1 amide bonds. The Kier molecular flexibility index (Phi) is 5.08. The summed E-state index contributed by atoms with van der Waals surface area (Å²) in [4.78, 5) is 25.9. The van der Waals surface area contributed by atoms with E-state index in [1.807, 2.05) is 78.9 Å². The van der Waals surface area contributed by atoms with E-state index in [9.17, 15) is 9.59 Å². The molecular weight excluding hydrogens is 434 g/mol. The molecule has 6 rings (SSSR count). The largest absolute Gasteiger partial charge is 0.322 e. The van der Waals surface area contributed by atoms with Crippen molar-refractivity contribution in [3.63, 3.8) is 0 Å². The minimum Gasteiger partial charge on any atom is -0.322 e. The zero-order valence-corrected chi connectivity index (χ0v) is 18.8. The van der Waals surface area contributed by atoms with Gasteiger partial charge in [0, 0.05) is 39.9 Å². The molecule has 1 aromatic heterocycles. The third-order valence-corrected chi connectivity index (χ3v) is 6.29. The van der Waals surface area contributed by atoms with E-state index in [0.717, 1.165) is 34.5 Å². The summed E-state index contributed by atoms with van der Waals surface area (Å²) >= 11 is 0. The van der Waals surface area contributed by atoms with Gasteiger partial charge in [0.15, 0.2) is 0 Å². The summed E-state index contributed by atoms with van der Waals surface area (Å²) in [5.74, 6) is -0.316. The standard InChI is InChI=1S/C30H21N3O2/c34-29(21-9-3-1-4-10-21)31-24-17-15-20(16-18-24)27-26-19-23-13-7-8-14-25(23)28(26)33(32-27)30(35)22-11-5-2-6-12-22/h1-18H,19H2,(H,31,34). The lowest BCUT2D eigenvalue weighted by Gasteiger charge is -2.07. The van der Waals surface area contributed by atoms with Crippen LogP contribution in [-0.4, -0.2) is 21.6 Å². The first-order valence-corrected chi connectivity index (χ1v) is 11.5. The summed E-state index contributed by atoms with van der Waals surface area (Å²) in [6.07, 6.45) is 0.718. The van der Waals surface area contributed by atoms with Crippen LogP contribution in [0.15, 0.2) is 109 Å². The molecule has 5 nitrogen and oxygen atoms in total. The first-order valence-electron chi connectivity index (χ1n) is 11.5. The number of amides is 1. The Morgan fingerprint density at radius 3 is 2.06 bits per heavy atom. The van der Waals surface area contributed by atoms with Gasteiger partial charge >= 0.3 is 0 Å². The summed E-state index contributed by atoms with van der Waals surface area (Å²) in [7, 11) is 0. The molecule has 0 atom stereocenters. The number of nitrogens with one attached hydrogen (secondary N) is 1. The van der Waals surface area contributed by atoms with Gasteiger partial charge in [0.25, 0.3) is 11.8 Å². The summed E-state index contributed by atoms with van der Waals surface area (Å²) in [5.41, 5.74) is 7.68. The summed E-state index contributed by atoms with van der Waals surface area (Å²) in [5, 5.41) is 7.72. The molecule has 1 aliphatic carbocycles. The van der Waals surface area contributed by atoms with Crippen molar-refractivity contribution in [2.24, 2.45) is 0 Å². The zero-order chi connectivity index (χ0) is 23.8. The maximum Gasteiger partial charge on any atom is 0.278 e. The van der Waals surface area contributed by atoms with E-state index in [0.29, 0.717) is 16.8 Å². The van der Waals surface area contributed by atoms with Crippen LogP contribution in [0.2, 0.25) is 0 Å². The number of rotatable bonds is 4.